The van der Waals surface area contributed by atoms with Gasteiger partial charge < -0.3 is 5.11 Å². The molecule has 3 nitrogen and oxygen atoms in total. The van der Waals surface area contributed by atoms with Crippen molar-refractivity contribution in [1.82, 2.24) is 0 Å². The van der Waals surface area contributed by atoms with Gasteiger partial charge in [-0.3, -0.25) is 9.59 Å². The number of Topliss-reactive ketones (excluding diaryl/α,β-unsaturated/α-hetero) is 1. The van der Waals surface area contributed by atoms with E-state index in [-0.39, 0.29) is 28.0 Å². The fraction of sp³-hybridized carbons (Fsp3) is 0.765. The topological polar surface area (TPSA) is 54.4 Å². The first kappa shape index (κ1) is 15.1. The molecular formula is C17H24O3S. The van der Waals surface area contributed by atoms with E-state index in [2.05, 4.69) is 0 Å². The van der Waals surface area contributed by atoms with E-state index < -0.39 is 0 Å². The van der Waals surface area contributed by atoms with Gasteiger partial charge in [-0.2, -0.15) is 0 Å². The summed E-state index contributed by atoms with van der Waals surface area (Å²) in [4.78, 5) is 23.2. The Morgan fingerprint density at radius 2 is 1.86 bits per heavy atom. The maximum absolute atomic E-state index is 11.6. The Hall–Kier alpha value is -0.770. The minimum atomic E-state index is -0.242. The highest BCUT2D eigenvalue weighted by Crippen LogP contribution is 2.44. The van der Waals surface area contributed by atoms with Crippen LogP contribution < -0.4 is 0 Å². The molecule has 3 aliphatic rings. The lowest BCUT2D eigenvalue weighted by Crippen LogP contribution is -2.27. The molecule has 0 aromatic rings. The Bertz CT molecular complexity index is 451. The van der Waals surface area contributed by atoms with Crippen LogP contribution in [0, 0.1) is 17.8 Å². The summed E-state index contributed by atoms with van der Waals surface area (Å²) in [6.45, 7) is 0. The molecule has 0 unspecified atom stereocenters. The van der Waals surface area contributed by atoms with Gasteiger partial charge in [-0.05, 0) is 37.0 Å². The molecule has 2 aliphatic carbocycles. The van der Waals surface area contributed by atoms with Gasteiger partial charge in [0.05, 0.1) is 5.75 Å². The van der Waals surface area contributed by atoms with Crippen molar-refractivity contribution in [1.29, 1.82) is 0 Å². The van der Waals surface area contributed by atoms with Crippen LogP contribution in [-0.4, -0.2) is 21.8 Å². The highest BCUT2D eigenvalue weighted by Gasteiger charge is 2.33. The fourth-order valence-corrected chi connectivity index (χ4v) is 5.15. The van der Waals surface area contributed by atoms with Crippen LogP contribution in [0.2, 0.25) is 0 Å². The van der Waals surface area contributed by atoms with Crippen LogP contribution in [0.25, 0.3) is 0 Å². The molecule has 1 saturated heterocycles. The molecule has 0 amide bonds. The zero-order valence-corrected chi connectivity index (χ0v) is 13.3. The Kier molecular flexibility index (Phi) is 4.72. The van der Waals surface area contributed by atoms with Crippen molar-refractivity contribution in [3.8, 4) is 0 Å². The number of carbonyl (C=O) groups excluding carboxylic acids is 2. The van der Waals surface area contributed by atoms with Gasteiger partial charge in [-0.15, -0.1) is 0 Å². The van der Waals surface area contributed by atoms with Crippen molar-refractivity contribution in [2.75, 3.05) is 5.75 Å². The SMILES string of the molecule is O=C1CSC(=O)C1=C(O)CC[C@@H]1CC[C@H]2CCCC[C@@H]2C1. The maximum atomic E-state index is 11.6. The normalized spacial score (nSPS) is 35.7. The standard InChI is InChI=1S/C17H24O3S/c18-14(16-15(19)10-21-17(16)20)8-6-11-5-7-12-3-1-2-4-13(12)9-11/h11-13,18H,1-10H2/t11-,12+,13+/m0/s1. The second kappa shape index (κ2) is 6.55. The third-order valence-corrected chi connectivity index (χ3v) is 6.42. The van der Waals surface area contributed by atoms with Crippen LogP contribution in [-0.2, 0) is 9.59 Å². The van der Waals surface area contributed by atoms with Crippen LogP contribution in [0.5, 0.6) is 0 Å². The molecule has 3 fully saturated rings. The molecule has 2 saturated carbocycles. The highest BCUT2D eigenvalue weighted by atomic mass is 32.2. The lowest BCUT2D eigenvalue weighted by molar-refractivity contribution is -0.115. The zero-order chi connectivity index (χ0) is 14.8. The van der Waals surface area contributed by atoms with E-state index in [4.69, 9.17) is 0 Å². The third kappa shape index (κ3) is 3.36. The number of aliphatic hydroxyl groups is 1. The van der Waals surface area contributed by atoms with Gasteiger partial charge in [0.25, 0.3) is 0 Å². The second-order valence-electron chi connectivity index (χ2n) is 6.84. The summed E-state index contributed by atoms with van der Waals surface area (Å²) >= 11 is 1.01. The number of fused-ring (bicyclic) bond motifs is 1. The number of hydrogen-bond donors (Lipinski definition) is 1. The Morgan fingerprint density at radius 3 is 2.57 bits per heavy atom. The Morgan fingerprint density at radius 1 is 1.10 bits per heavy atom. The van der Waals surface area contributed by atoms with E-state index in [0.29, 0.717) is 12.3 Å². The summed E-state index contributed by atoms with van der Waals surface area (Å²) in [7, 11) is 0. The quantitative estimate of drug-likeness (QED) is 0.486. The van der Waals surface area contributed by atoms with Gasteiger partial charge in [0.2, 0.25) is 5.12 Å². The first-order valence-electron chi connectivity index (χ1n) is 8.27. The Labute approximate surface area is 130 Å². The maximum Gasteiger partial charge on any atom is 0.226 e. The molecule has 1 heterocycles. The van der Waals surface area contributed by atoms with E-state index in [1.165, 1.54) is 44.9 Å². The molecule has 0 aromatic carbocycles. The predicted octanol–water partition coefficient (Wildman–Crippen LogP) is 4.03. The van der Waals surface area contributed by atoms with E-state index in [1.54, 1.807) is 0 Å². The summed E-state index contributed by atoms with van der Waals surface area (Å²) in [5, 5.41) is 9.84. The molecule has 4 heteroatoms. The van der Waals surface area contributed by atoms with E-state index in [1.807, 2.05) is 0 Å². The number of ketones is 1. The number of thioether (sulfide) groups is 1. The molecule has 1 aliphatic heterocycles. The van der Waals surface area contributed by atoms with Gasteiger partial charge >= 0.3 is 0 Å². The summed E-state index contributed by atoms with van der Waals surface area (Å²) < 4.78 is 0. The smallest absolute Gasteiger partial charge is 0.226 e. The summed E-state index contributed by atoms with van der Waals surface area (Å²) in [6, 6.07) is 0. The summed E-state index contributed by atoms with van der Waals surface area (Å²) in [5.74, 6) is 2.53. The Balaban J connectivity index is 1.54. The van der Waals surface area contributed by atoms with Crippen LogP contribution in [0.15, 0.2) is 11.3 Å². The number of allylic oxidation sites excluding steroid dienone is 1. The van der Waals surface area contributed by atoms with Crippen LogP contribution in [0.3, 0.4) is 0 Å². The third-order valence-electron chi connectivity index (χ3n) is 5.54. The summed E-state index contributed by atoms with van der Waals surface area (Å²) in [6.07, 6.45) is 10.8. The molecule has 1 N–H and O–H groups in total. The minimum Gasteiger partial charge on any atom is -0.511 e. The molecule has 0 bridgehead atoms. The lowest BCUT2D eigenvalue weighted by atomic mass is 9.67. The average Bonchev–Trinajstić information content (AvgIpc) is 2.84. The van der Waals surface area contributed by atoms with Crippen molar-refractivity contribution in [3.05, 3.63) is 11.3 Å². The van der Waals surface area contributed by atoms with Crippen molar-refractivity contribution >= 4 is 22.7 Å². The largest absolute Gasteiger partial charge is 0.511 e. The highest BCUT2D eigenvalue weighted by molar-refractivity contribution is 8.15. The molecule has 0 aromatic heterocycles. The minimum absolute atomic E-state index is 0.0424. The first-order chi connectivity index (χ1) is 10.1. The van der Waals surface area contributed by atoms with Crippen LogP contribution in [0.1, 0.15) is 57.8 Å². The van der Waals surface area contributed by atoms with E-state index in [0.717, 1.165) is 30.0 Å². The lowest BCUT2D eigenvalue weighted by Gasteiger charge is -2.39. The van der Waals surface area contributed by atoms with Gasteiger partial charge in [0.15, 0.2) is 5.78 Å². The first-order valence-corrected chi connectivity index (χ1v) is 9.26. The van der Waals surface area contributed by atoms with Crippen molar-refractivity contribution in [2.24, 2.45) is 17.8 Å². The number of hydrogen-bond acceptors (Lipinski definition) is 4. The van der Waals surface area contributed by atoms with Crippen molar-refractivity contribution < 1.29 is 14.7 Å². The fourth-order valence-electron chi connectivity index (χ4n) is 4.37. The molecule has 3 rings (SSSR count). The number of carbonyl (C=O) groups is 2. The van der Waals surface area contributed by atoms with Gasteiger partial charge in [0.1, 0.15) is 11.3 Å². The number of rotatable bonds is 3. The average molecular weight is 308 g/mol. The molecule has 21 heavy (non-hydrogen) atoms. The van der Waals surface area contributed by atoms with Crippen molar-refractivity contribution in [3.63, 3.8) is 0 Å². The molecule has 116 valence electrons. The van der Waals surface area contributed by atoms with Gasteiger partial charge in [0, 0.05) is 6.42 Å². The second-order valence-corrected chi connectivity index (χ2v) is 7.79. The van der Waals surface area contributed by atoms with Crippen molar-refractivity contribution in [2.45, 2.75) is 57.8 Å². The van der Waals surface area contributed by atoms with Crippen LogP contribution in [0.4, 0.5) is 0 Å². The molecule has 0 radical (unpaired) electrons. The molecule has 0 spiro atoms. The van der Waals surface area contributed by atoms with E-state index >= 15 is 0 Å². The monoisotopic (exact) mass is 308 g/mol. The van der Waals surface area contributed by atoms with E-state index in [9.17, 15) is 14.7 Å². The summed E-state index contributed by atoms with van der Waals surface area (Å²) in [5.41, 5.74) is 0.0753. The van der Waals surface area contributed by atoms with Gasteiger partial charge in [-0.25, -0.2) is 0 Å². The molecule has 3 atom stereocenters. The molecular weight excluding hydrogens is 284 g/mol. The van der Waals surface area contributed by atoms with Gasteiger partial charge in [-0.1, -0.05) is 43.9 Å². The van der Waals surface area contributed by atoms with Crippen LogP contribution >= 0.6 is 11.8 Å². The zero-order valence-electron chi connectivity index (χ0n) is 12.5. The predicted molar refractivity (Wildman–Crippen MR) is 84.1 cm³/mol. The number of aliphatic hydroxyl groups excluding tert-OH is 1.